The molecule has 0 spiro atoms. The van der Waals surface area contributed by atoms with Crippen molar-refractivity contribution >= 4 is 29.2 Å². The fourth-order valence-corrected chi connectivity index (χ4v) is 4.26. The molecule has 0 bridgehead atoms. The second-order valence-electron chi connectivity index (χ2n) is 7.73. The van der Waals surface area contributed by atoms with Crippen molar-refractivity contribution in [2.24, 2.45) is 7.05 Å². The lowest BCUT2D eigenvalue weighted by Gasteiger charge is -2.14. The Labute approximate surface area is 202 Å². The van der Waals surface area contributed by atoms with Gasteiger partial charge in [0.05, 0.1) is 0 Å². The number of amides is 2. The lowest BCUT2D eigenvalue weighted by molar-refractivity contribution is 0.262. The van der Waals surface area contributed by atoms with Gasteiger partial charge in [-0.1, -0.05) is 42.1 Å². The van der Waals surface area contributed by atoms with E-state index < -0.39 is 0 Å². The van der Waals surface area contributed by atoms with Gasteiger partial charge in [-0.25, -0.2) is 14.2 Å². The summed E-state index contributed by atoms with van der Waals surface area (Å²) >= 11 is 1.66. The van der Waals surface area contributed by atoms with E-state index in [1.54, 1.807) is 36.2 Å². The molecule has 0 aliphatic heterocycles. The molecule has 2 amide bonds. The van der Waals surface area contributed by atoms with E-state index in [0.717, 1.165) is 16.3 Å². The maximum Gasteiger partial charge on any atom is 0.323 e. The van der Waals surface area contributed by atoms with Gasteiger partial charge in [-0.2, -0.15) is 0 Å². The lowest BCUT2D eigenvalue weighted by atomic mass is 10.1. The number of halogens is 1. The summed E-state index contributed by atoms with van der Waals surface area (Å²) in [6.45, 7) is 2.37. The zero-order valence-electron chi connectivity index (χ0n) is 18.9. The number of anilines is 2. The first kappa shape index (κ1) is 23.4. The van der Waals surface area contributed by atoms with Crippen LogP contribution in [0, 0.1) is 5.82 Å². The fraction of sp³-hybridized carbons (Fsp3) is 0.154. The number of hydrogen-bond acceptors (Lipinski definition) is 4. The Morgan fingerprint density at radius 2 is 1.79 bits per heavy atom. The minimum Gasteiger partial charge on any atom is -0.489 e. The number of carbonyl (C=O) groups is 1. The highest BCUT2D eigenvalue weighted by Crippen LogP contribution is 2.34. The van der Waals surface area contributed by atoms with Crippen LogP contribution in [-0.4, -0.2) is 15.6 Å². The van der Waals surface area contributed by atoms with Crippen LogP contribution in [0.3, 0.4) is 0 Å². The minimum atomic E-state index is -0.349. The number of imidazole rings is 1. The van der Waals surface area contributed by atoms with Crippen molar-refractivity contribution in [1.82, 2.24) is 9.55 Å². The van der Waals surface area contributed by atoms with Crippen LogP contribution in [0.5, 0.6) is 5.75 Å². The highest BCUT2D eigenvalue weighted by Gasteiger charge is 2.12. The predicted octanol–water partition coefficient (Wildman–Crippen LogP) is 6.64. The van der Waals surface area contributed by atoms with Gasteiger partial charge in [-0.3, -0.25) is 0 Å². The highest BCUT2D eigenvalue weighted by molar-refractivity contribution is 7.99. The van der Waals surface area contributed by atoms with Crippen LogP contribution in [0.15, 0.2) is 90.3 Å². The molecule has 4 aromatic rings. The van der Waals surface area contributed by atoms with Crippen LogP contribution < -0.4 is 15.4 Å². The van der Waals surface area contributed by atoms with Gasteiger partial charge in [-0.15, -0.1) is 0 Å². The predicted molar refractivity (Wildman–Crippen MR) is 134 cm³/mol. The first-order chi connectivity index (χ1) is 16.5. The van der Waals surface area contributed by atoms with E-state index in [4.69, 9.17) is 4.74 Å². The van der Waals surface area contributed by atoms with Crippen LogP contribution in [0.25, 0.3) is 0 Å². The van der Waals surface area contributed by atoms with Gasteiger partial charge in [0.2, 0.25) is 0 Å². The van der Waals surface area contributed by atoms with Crippen molar-refractivity contribution in [3.63, 3.8) is 0 Å². The zero-order chi connectivity index (χ0) is 23.9. The van der Waals surface area contributed by atoms with E-state index in [1.807, 2.05) is 60.3 Å². The molecular weight excluding hydrogens is 451 g/mol. The molecule has 34 heavy (non-hydrogen) atoms. The quantitative estimate of drug-likeness (QED) is 0.280. The van der Waals surface area contributed by atoms with Crippen molar-refractivity contribution in [2.75, 3.05) is 10.6 Å². The SMILES string of the molecule is CC(Sc1nccn1C)c1cccc(NC(=O)Nc2cccc(COc3cccc(F)c3)c2)c1. The Hall–Kier alpha value is -3.78. The third-order valence-electron chi connectivity index (χ3n) is 5.06. The molecule has 0 aliphatic rings. The van der Waals surface area contributed by atoms with Gasteiger partial charge in [0.1, 0.15) is 18.2 Å². The van der Waals surface area contributed by atoms with E-state index in [2.05, 4.69) is 22.5 Å². The van der Waals surface area contributed by atoms with E-state index in [9.17, 15) is 9.18 Å². The van der Waals surface area contributed by atoms with Crippen LogP contribution >= 0.6 is 11.8 Å². The summed E-state index contributed by atoms with van der Waals surface area (Å²) in [5.74, 6) is 0.101. The van der Waals surface area contributed by atoms with Crippen molar-refractivity contribution in [3.8, 4) is 5.75 Å². The minimum absolute atomic E-state index is 0.167. The average molecular weight is 477 g/mol. The number of ether oxygens (including phenoxy) is 1. The third-order valence-corrected chi connectivity index (χ3v) is 6.29. The fourth-order valence-electron chi connectivity index (χ4n) is 3.32. The first-order valence-corrected chi connectivity index (χ1v) is 11.6. The molecule has 0 saturated heterocycles. The Balaban J connectivity index is 1.34. The smallest absolute Gasteiger partial charge is 0.323 e. The summed E-state index contributed by atoms with van der Waals surface area (Å²) in [6, 6.07) is 20.8. The molecule has 1 atom stereocenters. The van der Waals surface area contributed by atoms with Gasteiger partial charge in [0.25, 0.3) is 0 Å². The maximum absolute atomic E-state index is 13.3. The second kappa shape index (κ2) is 10.9. The van der Waals surface area contributed by atoms with E-state index in [0.29, 0.717) is 17.1 Å². The number of hydrogen-bond donors (Lipinski definition) is 2. The van der Waals surface area contributed by atoms with Gasteiger partial charge < -0.3 is 19.9 Å². The molecular formula is C26H25FN4O2S. The van der Waals surface area contributed by atoms with Crippen LogP contribution in [0.4, 0.5) is 20.6 Å². The summed E-state index contributed by atoms with van der Waals surface area (Å²) in [5.41, 5.74) is 3.27. The summed E-state index contributed by atoms with van der Waals surface area (Å²) in [4.78, 5) is 16.9. The second-order valence-corrected chi connectivity index (χ2v) is 9.04. The Morgan fingerprint density at radius 1 is 1.06 bits per heavy atom. The largest absolute Gasteiger partial charge is 0.489 e. The average Bonchev–Trinajstić information content (AvgIpc) is 3.22. The monoisotopic (exact) mass is 476 g/mol. The Kier molecular flexibility index (Phi) is 7.49. The maximum atomic E-state index is 13.3. The molecule has 3 aromatic carbocycles. The molecule has 174 valence electrons. The molecule has 1 aromatic heterocycles. The molecule has 1 heterocycles. The molecule has 1 unspecified atom stereocenters. The first-order valence-electron chi connectivity index (χ1n) is 10.8. The standard InChI is InChI=1S/C26H25FN4O2S/c1-18(34-26-28-12-13-31(26)2)20-7-4-10-23(15-20)30-25(32)29-22-9-3-6-19(14-22)17-33-24-11-5-8-21(27)16-24/h3-16,18H,17H2,1-2H3,(H2,29,30,32). The number of rotatable bonds is 8. The highest BCUT2D eigenvalue weighted by atomic mass is 32.2. The number of carbonyl (C=O) groups excluding carboxylic acids is 1. The molecule has 8 heteroatoms. The van der Waals surface area contributed by atoms with Gasteiger partial charge >= 0.3 is 6.03 Å². The van der Waals surface area contributed by atoms with Crippen LogP contribution in [0.2, 0.25) is 0 Å². The van der Waals surface area contributed by atoms with Crippen molar-refractivity contribution in [1.29, 1.82) is 0 Å². The molecule has 0 saturated carbocycles. The van der Waals surface area contributed by atoms with Gasteiger partial charge in [0.15, 0.2) is 5.16 Å². The third kappa shape index (κ3) is 6.39. The van der Waals surface area contributed by atoms with Crippen LogP contribution in [-0.2, 0) is 13.7 Å². The van der Waals surface area contributed by atoms with Crippen molar-refractivity contribution in [2.45, 2.75) is 23.9 Å². The summed E-state index contributed by atoms with van der Waals surface area (Å²) in [7, 11) is 1.97. The van der Waals surface area contributed by atoms with Crippen LogP contribution in [0.1, 0.15) is 23.3 Å². The molecule has 0 aliphatic carbocycles. The molecule has 0 fully saturated rings. The van der Waals surface area contributed by atoms with Crippen molar-refractivity contribution < 1.29 is 13.9 Å². The van der Waals surface area contributed by atoms with Gasteiger partial charge in [0, 0.05) is 42.1 Å². The van der Waals surface area contributed by atoms with Gasteiger partial charge in [-0.05, 0) is 54.4 Å². The van der Waals surface area contributed by atoms with E-state index >= 15 is 0 Å². The normalized spacial score (nSPS) is 11.6. The number of thioether (sulfide) groups is 1. The molecule has 0 radical (unpaired) electrons. The summed E-state index contributed by atoms with van der Waals surface area (Å²) in [5, 5.41) is 6.84. The molecule has 4 rings (SSSR count). The lowest BCUT2D eigenvalue weighted by Crippen LogP contribution is -2.19. The Bertz CT molecular complexity index is 1280. The van der Waals surface area contributed by atoms with E-state index in [-0.39, 0.29) is 23.7 Å². The summed E-state index contributed by atoms with van der Waals surface area (Å²) < 4.78 is 20.9. The number of nitrogens with one attached hydrogen (secondary N) is 2. The Morgan fingerprint density at radius 3 is 2.53 bits per heavy atom. The van der Waals surface area contributed by atoms with E-state index in [1.165, 1.54) is 12.1 Å². The number of urea groups is 1. The molecule has 6 nitrogen and oxygen atoms in total. The topological polar surface area (TPSA) is 68.2 Å². The zero-order valence-corrected chi connectivity index (χ0v) is 19.7. The number of benzene rings is 3. The number of aromatic nitrogens is 2. The number of nitrogens with zero attached hydrogens (tertiary/aromatic N) is 2. The molecule has 2 N–H and O–H groups in total. The summed E-state index contributed by atoms with van der Waals surface area (Å²) in [6.07, 6.45) is 3.69. The van der Waals surface area contributed by atoms with Crippen molar-refractivity contribution in [3.05, 3.63) is 102 Å². The number of aryl methyl sites for hydroxylation is 1.